The normalized spacial score (nSPS) is 17.7. The average Bonchev–Trinajstić information content (AvgIpc) is 3.15. The first-order valence-electron chi connectivity index (χ1n) is 10.2. The Kier molecular flexibility index (Phi) is 5.56. The number of fused-ring (bicyclic) bond motifs is 2. The van der Waals surface area contributed by atoms with Crippen molar-refractivity contribution in [2.75, 3.05) is 19.1 Å². The van der Waals surface area contributed by atoms with Gasteiger partial charge in [0.1, 0.15) is 0 Å². The van der Waals surface area contributed by atoms with Gasteiger partial charge in [-0.2, -0.15) is 5.10 Å². The van der Waals surface area contributed by atoms with E-state index in [1.165, 1.54) is 11.3 Å². The number of hydrogen-bond donors (Lipinski definition) is 1. The van der Waals surface area contributed by atoms with Crippen LogP contribution in [0.1, 0.15) is 54.8 Å². The van der Waals surface area contributed by atoms with Gasteiger partial charge in [-0.25, -0.2) is 5.43 Å². The van der Waals surface area contributed by atoms with Crippen molar-refractivity contribution in [2.24, 2.45) is 5.10 Å². The summed E-state index contributed by atoms with van der Waals surface area (Å²) < 4.78 is 11.9. The number of ether oxygens (including phenoxy) is 1. The zero-order chi connectivity index (χ0) is 22.3. The smallest absolute Gasteiger partial charge is 0.307 e. The first kappa shape index (κ1) is 21.4. The SMILES string of the molecule is COc1cc(Br)cc2cc(C(=O)N/N=C/c3ccc4c(c3)C(C)CC(C)(C)N4C)oc12. The highest BCUT2D eigenvalue weighted by molar-refractivity contribution is 9.10. The van der Waals surface area contributed by atoms with Crippen LogP contribution in [0, 0.1) is 0 Å². The van der Waals surface area contributed by atoms with Crippen LogP contribution < -0.4 is 15.1 Å². The molecule has 4 rings (SSSR count). The molecule has 1 amide bonds. The fraction of sp³-hybridized carbons (Fsp3) is 0.333. The molecule has 0 saturated heterocycles. The summed E-state index contributed by atoms with van der Waals surface area (Å²) in [5, 5.41) is 4.91. The molecule has 0 fully saturated rings. The van der Waals surface area contributed by atoms with E-state index in [-0.39, 0.29) is 11.3 Å². The maximum absolute atomic E-state index is 12.5. The number of furan rings is 1. The van der Waals surface area contributed by atoms with Crippen LogP contribution >= 0.6 is 15.9 Å². The summed E-state index contributed by atoms with van der Waals surface area (Å²) in [5.41, 5.74) is 6.68. The molecule has 0 saturated carbocycles. The first-order chi connectivity index (χ1) is 14.7. The fourth-order valence-electron chi connectivity index (χ4n) is 4.25. The molecule has 1 aromatic heterocycles. The molecule has 7 heteroatoms. The van der Waals surface area contributed by atoms with E-state index in [0.29, 0.717) is 17.3 Å². The molecule has 0 aliphatic carbocycles. The minimum absolute atomic E-state index is 0.126. The number of nitrogens with zero attached hydrogens (tertiary/aromatic N) is 2. The van der Waals surface area contributed by atoms with Crippen LogP contribution in [0.25, 0.3) is 11.0 Å². The second kappa shape index (κ2) is 8.04. The van der Waals surface area contributed by atoms with Crippen molar-refractivity contribution in [2.45, 2.75) is 38.6 Å². The van der Waals surface area contributed by atoms with Crippen LogP contribution in [0.15, 0.2) is 50.4 Å². The van der Waals surface area contributed by atoms with Gasteiger partial charge in [-0.1, -0.05) is 28.9 Å². The quantitative estimate of drug-likeness (QED) is 0.382. The highest BCUT2D eigenvalue weighted by Crippen LogP contribution is 2.42. The minimum atomic E-state index is -0.418. The Balaban J connectivity index is 1.51. The van der Waals surface area contributed by atoms with E-state index in [9.17, 15) is 4.79 Å². The third-order valence-electron chi connectivity index (χ3n) is 6.03. The van der Waals surface area contributed by atoms with Gasteiger partial charge in [0.05, 0.1) is 13.3 Å². The van der Waals surface area contributed by atoms with Gasteiger partial charge >= 0.3 is 5.91 Å². The summed E-state index contributed by atoms with van der Waals surface area (Å²) in [5.74, 6) is 0.766. The predicted octanol–water partition coefficient (Wildman–Crippen LogP) is 5.69. The van der Waals surface area contributed by atoms with Crippen molar-refractivity contribution in [3.05, 3.63) is 57.8 Å². The van der Waals surface area contributed by atoms with Gasteiger partial charge in [0.25, 0.3) is 0 Å². The molecule has 2 aromatic carbocycles. The van der Waals surface area contributed by atoms with Crippen molar-refractivity contribution in [1.29, 1.82) is 0 Å². The largest absolute Gasteiger partial charge is 0.493 e. The highest BCUT2D eigenvalue weighted by Gasteiger charge is 2.33. The summed E-state index contributed by atoms with van der Waals surface area (Å²) in [4.78, 5) is 14.8. The second-order valence-electron chi connectivity index (χ2n) is 8.63. The number of halogens is 1. The molecule has 1 unspecified atom stereocenters. The summed E-state index contributed by atoms with van der Waals surface area (Å²) in [6.45, 7) is 6.79. The number of amides is 1. The molecule has 0 bridgehead atoms. The Labute approximate surface area is 190 Å². The topological polar surface area (TPSA) is 67.1 Å². The maximum Gasteiger partial charge on any atom is 0.307 e. The molecular weight excluding hydrogens is 458 g/mol. The Bertz CT molecular complexity index is 1180. The third kappa shape index (κ3) is 4.06. The Morgan fingerprint density at radius 1 is 1.32 bits per heavy atom. The molecule has 0 radical (unpaired) electrons. The summed E-state index contributed by atoms with van der Waals surface area (Å²) >= 11 is 3.43. The Hall–Kier alpha value is -2.80. The van der Waals surface area contributed by atoms with Crippen molar-refractivity contribution in [3.63, 3.8) is 0 Å². The van der Waals surface area contributed by atoms with Crippen LogP contribution in [-0.2, 0) is 0 Å². The van der Waals surface area contributed by atoms with Gasteiger partial charge in [0, 0.05) is 28.1 Å². The predicted molar refractivity (Wildman–Crippen MR) is 127 cm³/mol. The van der Waals surface area contributed by atoms with Crippen molar-refractivity contribution < 1.29 is 13.9 Å². The van der Waals surface area contributed by atoms with E-state index < -0.39 is 5.91 Å². The van der Waals surface area contributed by atoms with Crippen molar-refractivity contribution >= 4 is 44.7 Å². The average molecular weight is 484 g/mol. The van der Waals surface area contributed by atoms with Crippen LogP contribution in [0.3, 0.4) is 0 Å². The van der Waals surface area contributed by atoms with Crippen LogP contribution in [0.2, 0.25) is 0 Å². The maximum atomic E-state index is 12.5. The van der Waals surface area contributed by atoms with E-state index in [4.69, 9.17) is 9.15 Å². The van der Waals surface area contributed by atoms with Gasteiger partial charge in [0.15, 0.2) is 17.1 Å². The molecular formula is C24H26BrN3O3. The summed E-state index contributed by atoms with van der Waals surface area (Å²) in [6, 6.07) is 11.6. The number of hydrogen-bond acceptors (Lipinski definition) is 5. The number of carbonyl (C=O) groups excluding carboxylic acids is 1. The molecule has 31 heavy (non-hydrogen) atoms. The monoisotopic (exact) mass is 483 g/mol. The number of rotatable bonds is 4. The zero-order valence-corrected chi connectivity index (χ0v) is 19.9. The number of carbonyl (C=O) groups is 1. The van der Waals surface area contributed by atoms with E-state index in [1.54, 1.807) is 25.5 Å². The van der Waals surface area contributed by atoms with Crippen molar-refractivity contribution in [3.8, 4) is 5.75 Å². The molecule has 162 valence electrons. The van der Waals surface area contributed by atoms with Crippen LogP contribution in [-0.4, -0.2) is 31.8 Å². The number of anilines is 1. The molecule has 3 aromatic rings. The van der Waals surface area contributed by atoms with Gasteiger partial charge in [-0.05, 0) is 67.6 Å². The lowest BCUT2D eigenvalue weighted by molar-refractivity contribution is 0.0929. The molecule has 1 aliphatic rings. The lowest BCUT2D eigenvalue weighted by Crippen LogP contribution is -2.45. The zero-order valence-electron chi connectivity index (χ0n) is 18.3. The van der Waals surface area contributed by atoms with Gasteiger partial charge in [0.2, 0.25) is 0 Å². The standard InChI is InChI=1S/C24H26BrN3O3/c1-14-12-24(2,3)28(4)19-7-6-15(8-18(14)19)13-26-27-23(29)21-10-16-9-17(25)11-20(30-5)22(16)31-21/h6-11,13-14H,12H2,1-5H3,(H,27,29)/b26-13+. The van der Waals surface area contributed by atoms with E-state index >= 15 is 0 Å². The lowest BCUT2D eigenvalue weighted by Gasteiger charge is -2.45. The van der Waals surface area contributed by atoms with Gasteiger partial charge in [-0.3, -0.25) is 4.79 Å². The lowest BCUT2D eigenvalue weighted by atomic mass is 9.80. The number of hydrazone groups is 1. The van der Waals surface area contributed by atoms with Crippen LogP contribution in [0.5, 0.6) is 5.75 Å². The molecule has 1 N–H and O–H groups in total. The van der Waals surface area contributed by atoms with E-state index in [0.717, 1.165) is 21.8 Å². The molecule has 2 heterocycles. The van der Waals surface area contributed by atoms with Gasteiger partial charge < -0.3 is 14.1 Å². The second-order valence-corrected chi connectivity index (χ2v) is 9.55. The number of methoxy groups -OCH3 is 1. The van der Waals surface area contributed by atoms with Gasteiger partial charge in [-0.15, -0.1) is 0 Å². The minimum Gasteiger partial charge on any atom is -0.493 e. The molecule has 1 atom stereocenters. The Morgan fingerprint density at radius 3 is 2.84 bits per heavy atom. The van der Waals surface area contributed by atoms with E-state index in [1.807, 2.05) is 12.1 Å². The highest BCUT2D eigenvalue weighted by atomic mass is 79.9. The number of nitrogens with one attached hydrogen (secondary N) is 1. The van der Waals surface area contributed by atoms with Crippen molar-refractivity contribution in [1.82, 2.24) is 5.43 Å². The Morgan fingerprint density at radius 2 is 2.10 bits per heavy atom. The van der Waals surface area contributed by atoms with Crippen LogP contribution in [0.4, 0.5) is 5.69 Å². The summed E-state index contributed by atoms with van der Waals surface area (Å²) in [7, 11) is 3.70. The summed E-state index contributed by atoms with van der Waals surface area (Å²) in [6.07, 6.45) is 2.74. The third-order valence-corrected chi connectivity index (χ3v) is 6.49. The first-order valence-corrected chi connectivity index (χ1v) is 11.0. The number of benzene rings is 2. The van der Waals surface area contributed by atoms with E-state index in [2.05, 4.69) is 71.3 Å². The fourth-order valence-corrected chi connectivity index (χ4v) is 4.70. The molecule has 0 spiro atoms. The molecule has 6 nitrogen and oxygen atoms in total. The molecule has 1 aliphatic heterocycles.